The van der Waals surface area contributed by atoms with Crippen LogP contribution in [0.3, 0.4) is 0 Å². The Morgan fingerprint density at radius 2 is 2.25 bits per heavy atom. The number of aryl methyl sites for hydroxylation is 2. The zero-order valence-electron chi connectivity index (χ0n) is 11.7. The summed E-state index contributed by atoms with van der Waals surface area (Å²) in [5.74, 6) is -0.352. The maximum atomic E-state index is 12.6. The Morgan fingerprint density at radius 3 is 2.85 bits per heavy atom. The van der Waals surface area contributed by atoms with Crippen LogP contribution >= 0.6 is 0 Å². The molecule has 2 N–H and O–H groups in total. The van der Waals surface area contributed by atoms with Gasteiger partial charge in [-0.2, -0.15) is 5.10 Å². The van der Waals surface area contributed by atoms with E-state index in [0.29, 0.717) is 13.1 Å². The average molecular weight is 281 g/mol. The number of nitrogens with zero attached hydrogens (tertiary/aromatic N) is 4. The second-order valence-electron chi connectivity index (χ2n) is 5.05. The molecule has 1 fully saturated rings. The van der Waals surface area contributed by atoms with E-state index in [2.05, 4.69) is 5.10 Å². The standard InChI is InChI=1S/C12H19N5O3/c1-8-10(17(19)20)11(15(2)14-8)12(18)16-6-4-3-5-9(16)7-13/h9H,3-7,13H2,1-2H3. The van der Waals surface area contributed by atoms with Crippen molar-refractivity contribution in [3.8, 4) is 0 Å². The zero-order chi connectivity index (χ0) is 14.9. The predicted molar refractivity (Wildman–Crippen MR) is 72.3 cm³/mol. The third kappa shape index (κ3) is 2.38. The van der Waals surface area contributed by atoms with Crippen molar-refractivity contribution in [1.82, 2.24) is 14.7 Å². The number of hydrogen-bond acceptors (Lipinski definition) is 5. The van der Waals surface area contributed by atoms with E-state index in [1.165, 1.54) is 11.6 Å². The van der Waals surface area contributed by atoms with Crippen LogP contribution in [0.15, 0.2) is 0 Å². The number of likely N-dealkylation sites (tertiary alicyclic amines) is 1. The molecule has 8 nitrogen and oxygen atoms in total. The topological polar surface area (TPSA) is 107 Å². The van der Waals surface area contributed by atoms with Crippen molar-refractivity contribution >= 4 is 11.6 Å². The van der Waals surface area contributed by atoms with Crippen LogP contribution in [0, 0.1) is 17.0 Å². The highest BCUT2D eigenvalue weighted by Crippen LogP contribution is 2.26. The molecule has 1 aliphatic heterocycles. The van der Waals surface area contributed by atoms with Gasteiger partial charge in [0, 0.05) is 26.2 Å². The minimum absolute atomic E-state index is 0.0350. The molecule has 2 heterocycles. The molecule has 110 valence electrons. The summed E-state index contributed by atoms with van der Waals surface area (Å²) in [6, 6.07) is -0.0499. The lowest BCUT2D eigenvalue weighted by atomic mass is 10.0. The van der Waals surface area contributed by atoms with Crippen molar-refractivity contribution < 1.29 is 9.72 Å². The molecule has 1 atom stereocenters. The van der Waals surface area contributed by atoms with Gasteiger partial charge in [-0.1, -0.05) is 0 Å². The van der Waals surface area contributed by atoms with Crippen molar-refractivity contribution in [2.75, 3.05) is 13.1 Å². The van der Waals surface area contributed by atoms with E-state index in [4.69, 9.17) is 5.73 Å². The van der Waals surface area contributed by atoms with E-state index in [9.17, 15) is 14.9 Å². The summed E-state index contributed by atoms with van der Waals surface area (Å²) in [6.45, 7) is 2.49. The summed E-state index contributed by atoms with van der Waals surface area (Å²) in [5, 5.41) is 15.1. The van der Waals surface area contributed by atoms with Gasteiger partial charge in [-0.25, -0.2) is 0 Å². The second kappa shape index (κ2) is 5.58. The van der Waals surface area contributed by atoms with Gasteiger partial charge >= 0.3 is 5.69 Å². The van der Waals surface area contributed by atoms with E-state index >= 15 is 0 Å². The molecule has 1 amide bonds. The molecule has 2 rings (SSSR count). The molecule has 1 aromatic rings. The van der Waals surface area contributed by atoms with Gasteiger partial charge in [-0.15, -0.1) is 0 Å². The van der Waals surface area contributed by atoms with Crippen LogP contribution in [0.25, 0.3) is 0 Å². The number of nitrogens with two attached hydrogens (primary N) is 1. The molecule has 0 aromatic carbocycles. The molecular formula is C12H19N5O3. The summed E-state index contributed by atoms with van der Waals surface area (Å²) in [4.78, 5) is 24.9. The average Bonchev–Trinajstić information content (AvgIpc) is 2.72. The van der Waals surface area contributed by atoms with E-state index in [1.54, 1.807) is 11.9 Å². The van der Waals surface area contributed by atoms with Gasteiger partial charge in [0.15, 0.2) is 0 Å². The molecule has 1 aliphatic rings. The van der Waals surface area contributed by atoms with Crippen LogP contribution in [0.1, 0.15) is 35.4 Å². The Kier molecular flexibility index (Phi) is 4.03. The lowest BCUT2D eigenvalue weighted by molar-refractivity contribution is -0.385. The molecule has 0 bridgehead atoms. The number of aromatic nitrogens is 2. The number of rotatable bonds is 3. The first-order valence-electron chi connectivity index (χ1n) is 6.66. The number of nitro groups is 1. The number of hydrogen-bond donors (Lipinski definition) is 1. The molecule has 0 spiro atoms. The van der Waals surface area contributed by atoms with Crippen LogP contribution < -0.4 is 5.73 Å². The highest BCUT2D eigenvalue weighted by atomic mass is 16.6. The van der Waals surface area contributed by atoms with Crippen LogP contribution in [-0.2, 0) is 7.05 Å². The van der Waals surface area contributed by atoms with Gasteiger partial charge in [0.1, 0.15) is 5.69 Å². The van der Waals surface area contributed by atoms with Gasteiger partial charge in [0.2, 0.25) is 5.69 Å². The maximum Gasteiger partial charge on any atom is 0.322 e. The first kappa shape index (κ1) is 14.4. The van der Waals surface area contributed by atoms with Gasteiger partial charge in [-0.05, 0) is 26.2 Å². The third-order valence-electron chi connectivity index (χ3n) is 3.74. The molecular weight excluding hydrogens is 262 g/mol. The highest BCUT2D eigenvalue weighted by Gasteiger charge is 2.35. The Balaban J connectivity index is 2.40. The fourth-order valence-corrected chi connectivity index (χ4v) is 2.75. The Bertz CT molecular complexity index is 539. The fourth-order valence-electron chi connectivity index (χ4n) is 2.75. The van der Waals surface area contributed by atoms with Crippen molar-refractivity contribution in [1.29, 1.82) is 0 Å². The normalized spacial score (nSPS) is 19.1. The molecule has 0 aliphatic carbocycles. The largest absolute Gasteiger partial charge is 0.333 e. The number of carbonyl (C=O) groups is 1. The molecule has 1 saturated heterocycles. The van der Waals surface area contributed by atoms with E-state index in [0.717, 1.165) is 19.3 Å². The number of amides is 1. The van der Waals surface area contributed by atoms with Crippen molar-refractivity contribution in [3.63, 3.8) is 0 Å². The van der Waals surface area contributed by atoms with Gasteiger partial charge in [0.25, 0.3) is 5.91 Å². The van der Waals surface area contributed by atoms with Crippen molar-refractivity contribution in [3.05, 3.63) is 21.5 Å². The molecule has 1 aromatic heterocycles. The zero-order valence-corrected chi connectivity index (χ0v) is 11.7. The van der Waals surface area contributed by atoms with Crippen LogP contribution in [0.4, 0.5) is 5.69 Å². The molecule has 1 unspecified atom stereocenters. The number of carbonyl (C=O) groups excluding carboxylic acids is 1. The molecule has 20 heavy (non-hydrogen) atoms. The quantitative estimate of drug-likeness (QED) is 0.644. The van der Waals surface area contributed by atoms with Gasteiger partial charge in [0.05, 0.1) is 4.92 Å². The van der Waals surface area contributed by atoms with Crippen LogP contribution in [-0.4, -0.2) is 44.6 Å². The Morgan fingerprint density at radius 1 is 1.55 bits per heavy atom. The van der Waals surface area contributed by atoms with Crippen LogP contribution in [0.2, 0.25) is 0 Å². The minimum Gasteiger partial charge on any atom is -0.333 e. The van der Waals surface area contributed by atoms with Gasteiger partial charge < -0.3 is 10.6 Å². The summed E-state index contributed by atoms with van der Waals surface area (Å²) in [5.41, 5.74) is 5.78. The Labute approximate surface area is 116 Å². The monoisotopic (exact) mass is 281 g/mol. The molecule has 0 radical (unpaired) electrons. The summed E-state index contributed by atoms with van der Waals surface area (Å²) < 4.78 is 1.29. The second-order valence-corrected chi connectivity index (χ2v) is 5.05. The molecule has 8 heteroatoms. The lowest BCUT2D eigenvalue weighted by Crippen LogP contribution is -2.48. The van der Waals surface area contributed by atoms with E-state index < -0.39 is 4.92 Å². The third-order valence-corrected chi connectivity index (χ3v) is 3.74. The summed E-state index contributed by atoms with van der Waals surface area (Å²) in [6.07, 6.45) is 2.76. The Hall–Kier alpha value is -1.96. The lowest BCUT2D eigenvalue weighted by Gasteiger charge is -2.34. The van der Waals surface area contributed by atoms with Gasteiger partial charge in [-0.3, -0.25) is 19.6 Å². The van der Waals surface area contributed by atoms with Crippen LogP contribution in [0.5, 0.6) is 0 Å². The smallest absolute Gasteiger partial charge is 0.322 e. The van der Waals surface area contributed by atoms with E-state index in [-0.39, 0.29) is 29.0 Å². The van der Waals surface area contributed by atoms with Crippen molar-refractivity contribution in [2.45, 2.75) is 32.2 Å². The minimum atomic E-state index is -0.545. The van der Waals surface area contributed by atoms with E-state index in [1.807, 2.05) is 0 Å². The SMILES string of the molecule is Cc1nn(C)c(C(=O)N2CCCCC2CN)c1[N+](=O)[O-]. The summed E-state index contributed by atoms with van der Waals surface area (Å²) >= 11 is 0. The maximum absolute atomic E-state index is 12.6. The first-order chi connectivity index (χ1) is 9.47. The summed E-state index contributed by atoms with van der Waals surface area (Å²) in [7, 11) is 1.55. The predicted octanol–water partition coefficient (Wildman–Crippen LogP) is 0.590. The molecule has 0 saturated carbocycles. The van der Waals surface area contributed by atoms with Crippen molar-refractivity contribution in [2.24, 2.45) is 12.8 Å². The first-order valence-corrected chi connectivity index (χ1v) is 6.66. The number of piperidine rings is 1. The highest BCUT2D eigenvalue weighted by molar-refractivity contribution is 5.97. The fraction of sp³-hybridized carbons (Fsp3) is 0.667.